The van der Waals surface area contributed by atoms with Crippen molar-refractivity contribution >= 4 is 23.5 Å². The number of rotatable bonds is 12. The van der Waals surface area contributed by atoms with Crippen molar-refractivity contribution in [3.05, 3.63) is 96.3 Å². The Hall–Kier alpha value is -2.83. The molecule has 3 aromatic rings. The van der Waals surface area contributed by atoms with Crippen LogP contribution in [0, 0.1) is 0 Å². The van der Waals surface area contributed by atoms with Crippen LogP contribution in [0.25, 0.3) is 0 Å². The first-order valence-electron chi connectivity index (χ1n) is 10.6. The van der Waals surface area contributed by atoms with Crippen molar-refractivity contribution in [1.82, 2.24) is 15.0 Å². The van der Waals surface area contributed by atoms with Crippen LogP contribution in [-0.2, 0) is 17.0 Å². The Morgan fingerprint density at radius 1 is 0.935 bits per heavy atom. The van der Waals surface area contributed by atoms with Gasteiger partial charge in [0.25, 0.3) is 0 Å². The number of anilines is 1. The van der Waals surface area contributed by atoms with Crippen LogP contribution in [-0.4, -0.2) is 29.5 Å². The van der Waals surface area contributed by atoms with Crippen molar-refractivity contribution in [2.24, 2.45) is 0 Å². The van der Waals surface area contributed by atoms with Gasteiger partial charge in [-0.3, -0.25) is 14.5 Å². The summed E-state index contributed by atoms with van der Waals surface area (Å²) >= 11 is 1.56. The van der Waals surface area contributed by atoms with Crippen molar-refractivity contribution in [1.29, 1.82) is 0 Å². The molecule has 6 heteroatoms. The molecule has 1 amide bonds. The number of aromatic nitrogens is 1. The minimum absolute atomic E-state index is 0.0189. The summed E-state index contributed by atoms with van der Waals surface area (Å²) in [6.45, 7) is 2.68. The van der Waals surface area contributed by atoms with E-state index in [2.05, 4.69) is 44.6 Å². The van der Waals surface area contributed by atoms with Gasteiger partial charge in [-0.2, -0.15) is 0 Å². The van der Waals surface area contributed by atoms with E-state index in [0.29, 0.717) is 0 Å². The number of hydrogen-bond donors (Lipinski definition) is 3. The summed E-state index contributed by atoms with van der Waals surface area (Å²) < 4.78 is 3.26. The van der Waals surface area contributed by atoms with Gasteiger partial charge in [0.1, 0.15) is 0 Å². The van der Waals surface area contributed by atoms with Crippen LogP contribution < -0.4 is 15.4 Å². The molecular formula is C25H30N4OS. The van der Waals surface area contributed by atoms with E-state index in [1.54, 1.807) is 24.3 Å². The van der Waals surface area contributed by atoms with Crippen molar-refractivity contribution in [3.8, 4) is 0 Å². The summed E-state index contributed by atoms with van der Waals surface area (Å²) in [5, 5.41) is 6.64. The van der Waals surface area contributed by atoms with Gasteiger partial charge in [0.15, 0.2) is 0 Å². The normalized spacial score (nSPS) is 12.7. The van der Waals surface area contributed by atoms with E-state index in [4.69, 9.17) is 0 Å². The monoisotopic (exact) mass is 434 g/mol. The van der Waals surface area contributed by atoms with Gasteiger partial charge in [-0.25, -0.2) is 0 Å². The molecule has 0 radical (unpaired) electrons. The summed E-state index contributed by atoms with van der Waals surface area (Å²) in [6.07, 6.45) is 5.17. The highest BCUT2D eigenvalue weighted by Gasteiger charge is 2.18. The van der Waals surface area contributed by atoms with E-state index < -0.39 is 0 Å². The number of amides is 1. The molecule has 2 unspecified atom stereocenters. The molecule has 0 saturated heterocycles. The van der Waals surface area contributed by atoms with E-state index in [1.807, 2.05) is 55.5 Å². The average molecular weight is 435 g/mol. The third-order valence-corrected chi connectivity index (χ3v) is 5.91. The van der Waals surface area contributed by atoms with Crippen molar-refractivity contribution in [2.75, 3.05) is 11.9 Å². The van der Waals surface area contributed by atoms with Gasteiger partial charge in [-0.15, -0.1) is 0 Å². The molecule has 162 valence electrons. The largest absolute Gasteiger partial charge is 0.385 e. The number of pyridine rings is 1. The summed E-state index contributed by atoms with van der Waals surface area (Å²) in [5.41, 5.74) is 3.49. The summed E-state index contributed by atoms with van der Waals surface area (Å²) in [6, 6.07) is 24.2. The number of nitrogens with one attached hydrogen (secondary N) is 3. The zero-order valence-corrected chi connectivity index (χ0v) is 18.6. The molecule has 3 rings (SSSR count). The van der Waals surface area contributed by atoms with Crippen LogP contribution >= 0.6 is 11.9 Å². The molecule has 0 aliphatic carbocycles. The molecule has 5 nitrogen and oxygen atoms in total. The van der Waals surface area contributed by atoms with Gasteiger partial charge in [0, 0.05) is 36.4 Å². The maximum atomic E-state index is 12.8. The molecule has 0 fully saturated rings. The average Bonchev–Trinajstić information content (AvgIpc) is 2.81. The van der Waals surface area contributed by atoms with Gasteiger partial charge in [-0.1, -0.05) is 72.6 Å². The molecule has 2 atom stereocenters. The van der Waals surface area contributed by atoms with Gasteiger partial charge in [0.05, 0.1) is 6.04 Å². The Morgan fingerprint density at radius 2 is 1.58 bits per heavy atom. The zero-order valence-electron chi connectivity index (χ0n) is 17.8. The Bertz CT molecular complexity index is 893. The predicted molar refractivity (Wildman–Crippen MR) is 130 cm³/mol. The van der Waals surface area contributed by atoms with Crippen LogP contribution in [0.4, 0.5) is 5.69 Å². The lowest BCUT2D eigenvalue weighted by molar-refractivity contribution is -0.123. The third-order valence-electron chi connectivity index (χ3n) is 4.91. The Balaban J connectivity index is 1.50. The number of benzene rings is 2. The van der Waals surface area contributed by atoms with Crippen LogP contribution in [0.1, 0.15) is 24.5 Å². The molecular weight excluding hydrogens is 404 g/mol. The lowest BCUT2D eigenvalue weighted by atomic mass is 10.0. The van der Waals surface area contributed by atoms with E-state index >= 15 is 0 Å². The smallest absolute Gasteiger partial charge is 0.237 e. The molecule has 0 saturated carbocycles. The summed E-state index contributed by atoms with van der Waals surface area (Å²) in [4.78, 5) is 16.8. The Morgan fingerprint density at radius 3 is 2.26 bits per heavy atom. The molecule has 0 aliphatic rings. The molecule has 3 N–H and O–H groups in total. The number of carbonyl (C=O) groups excluding carboxylic acids is 1. The van der Waals surface area contributed by atoms with Gasteiger partial charge in [0.2, 0.25) is 5.91 Å². The van der Waals surface area contributed by atoms with Gasteiger partial charge < -0.3 is 10.6 Å². The fourth-order valence-corrected chi connectivity index (χ4v) is 3.99. The van der Waals surface area contributed by atoms with E-state index in [9.17, 15) is 4.79 Å². The zero-order chi connectivity index (χ0) is 21.7. The third kappa shape index (κ3) is 8.44. The number of carbonyl (C=O) groups is 1. The fraction of sp³-hybridized carbons (Fsp3) is 0.280. The first kappa shape index (κ1) is 22.8. The second-order valence-corrected chi connectivity index (χ2v) is 8.27. The molecule has 31 heavy (non-hydrogen) atoms. The fourth-order valence-electron chi connectivity index (χ4n) is 3.19. The molecule has 0 spiro atoms. The Labute approximate surface area is 189 Å². The molecule has 2 aromatic carbocycles. The lowest BCUT2D eigenvalue weighted by Gasteiger charge is -2.22. The molecule has 0 aliphatic heterocycles. The number of nitrogens with zero attached hydrogens (tertiary/aromatic N) is 1. The minimum Gasteiger partial charge on any atom is -0.385 e. The summed E-state index contributed by atoms with van der Waals surface area (Å²) in [7, 11) is 0. The maximum Gasteiger partial charge on any atom is 0.237 e. The highest BCUT2D eigenvalue weighted by Crippen LogP contribution is 2.11. The van der Waals surface area contributed by atoms with E-state index in [1.165, 1.54) is 11.1 Å². The van der Waals surface area contributed by atoms with Gasteiger partial charge >= 0.3 is 0 Å². The van der Waals surface area contributed by atoms with E-state index in [-0.39, 0.29) is 18.0 Å². The summed E-state index contributed by atoms with van der Waals surface area (Å²) in [5.74, 6) is 0.840. The quantitative estimate of drug-likeness (QED) is 0.368. The highest BCUT2D eigenvalue weighted by molar-refractivity contribution is 7.96. The van der Waals surface area contributed by atoms with Crippen molar-refractivity contribution in [2.45, 2.75) is 37.6 Å². The standard InChI is InChI=1S/C25H30N4OS/c1-20(29-31-19-22-10-6-3-7-11-22)25(30)28-24(18-21-8-4-2-5-9-21)14-17-27-23-12-15-26-16-13-23/h2-13,15-16,20,24,29H,14,17-19H2,1H3,(H,26,27)(H,28,30). The maximum absolute atomic E-state index is 12.8. The topological polar surface area (TPSA) is 66.1 Å². The Kier molecular flexibility index (Phi) is 9.41. The second kappa shape index (κ2) is 12.8. The van der Waals surface area contributed by atoms with Crippen LogP contribution in [0.5, 0.6) is 0 Å². The predicted octanol–water partition coefficient (Wildman–Crippen LogP) is 4.44. The first-order chi connectivity index (χ1) is 15.2. The first-order valence-corrected chi connectivity index (χ1v) is 11.6. The number of hydrogen-bond acceptors (Lipinski definition) is 5. The van der Waals surface area contributed by atoms with Crippen molar-refractivity contribution in [3.63, 3.8) is 0 Å². The second-order valence-electron chi connectivity index (χ2n) is 7.46. The van der Waals surface area contributed by atoms with Crippen molar-refractivity contribution < 1.29 is 4.79 Å². The van der Waals surface area contributed by atoms with E-state index in [0.717, 1.165) is 30.8 Å². The molecule has 1 aromatic heterocycles. The molecule has 1 heterocycles. The van der Waals surface area contributed by atoms with Crippen LogP contribution in [0.3, 0.4) is 0 Å². The molecule has 0 bridgehead atoms. The lowest BCUT2D eigenvalue weighted by Crippen LogP contribution is -2.46. The minimum atomic E-state index is -0.278. The van der Waals surface area contributed by atoms with Gasteiger partial charge in [-0.05, 0) is 43.0 Å². The highest BCUT2D eigenvalue weighted by atomic mass is 32.2. The SMILES string of the molecule is CC(NSCc1ccccc1)C(=O)NC(CCNc1ccncc1)Cc1ccccc1. The van der Waals surface area contributed by atoms with Crippen LogP contribution in [0.15, 0.2) is 85.2 Å². The van der Waals surface area contributed by atoms with Crippen LogP contribution in [0.2, 0.25) is 0 Å².